The molecule has 0 saturated carbocycles. The third-order valence-corrected chi connectivity index (χ3v) is 5.68. The van der Waals surface area contributed by atoms with E-state index < -0.39 is 6.04 Å². The van der Waals surface area contributed by atoms with Crippen LogP contribution in [0.25, 0.3) is 0 Å². The number of aromatic nitrogens is 1. The maximum Gasteiger partial charge on any atom is 0.237 e. The van der Waals surface area contributed by atoms with Gasteiger partial charge >= 0.3 is 0 Å². The molecule has 2 N–H and O–H groups in total. The van der Waals surface area contributed by atoms with Gasteiger partial charge in [0.1, 0.15) is 10.8 Å². The molecule has 1 aromatic carbocycles. The summed E-state index contributed by atoms with van der Waals surface area (Å²) in [4.78, 5) is 32.1. The second-order valence-electron chi connectivity index (χ2n) is 6.64. The molecule has 27 heavy (non-hydrogen) atoms. The normalized spacial score (nSPS) is 17.6. The Morgan fingerprint density at radius 3 is 2.96 bits per heavy atom. The number of halogens is 1. The van der Waals surface area contributed by atoms with Crippen LogP contribution in [0.3, 0.4) is 0 Å². The van der Waals surface area contributed by atoms with Gasteiger partial charge in [-0.2, -0.15) is 0 Å². The van der Waals surface area contributed by atoms with Gasteiger partial charge in [0.05, 0.1) is 24.7 Å². The fourth-order valence-corrected chi connectivity index (χ4v) is 3.95. The van der Waals surface area contributed by atoms with Crippen LogP contribution in [0.1, 0.15) is 27.6 Å². The number of carbonyl (C=O) groups excluding carboxylic acids is 2. The van der Waals surface area contributed by atoms with E-state index in [0.717, 1.165) is 21.1 Å². The van der Waals surface area contributed by atoms with Crippen molar-refractivity contribution in [3.63, 3.8) is 0 Å². The fourth-order valence-electron chi connectivity index (χ4n) is 3.08. The van der Waals surface area contributed by atoms with Crippen LogP contribution in [0.4, 0.5) is 4.39 Å². The molecule has 1 unspecified atom stereocenters. The maximum absolute atomic E-state index is 13.4. The summed E-state index contributed by atoms with van der Waals surface area (Å²) < 4.78 is 13.4. The Hall–Kier alpha value is -2.32. The van der Waals surface area contributed by atoms with Crippen LogP contribution in [0, 0.1) is 19.7 Å². The summed E-state index contributed by atoms with van der Waals surface area (Å²) >= 11 is 1.56. The number of thiazole rings is 1. The fraction of sp³-hybridized carbons (Fsp3) is 0.421. The van der Waals surface area contributed by atoms with Crippen LogP contribution < -0.4 is 10.6 Å². The molecule has 6 nitrogen and oxygen atoms in total. The van der Waals surface area contributed by atoms with Crippen LogP contribution in [-0.4, -0.2) is 40.8 Å². The van der Waals surface area contributed by atoms with E-state index in [1.807, 2.05) is 24.8 Å². The first kappa shape index (κ1) is 19.4. The van der Waals surface area contributed by atoms with E-state index in [1.54, 1.807) is 17.4 Å². The smallest absolute Gasteiger partial charge is 0.237 e. The minimum Gasteiger partial charge on any atom is -0.353 e. The number of rotatable bonds is 6. The molecule has 1 atom stereocenters. The van der Waals surface area contributed by atoms with Crippen molar-refractivity contribution in [2.75, 3.05) is 13.1 Å². The van der Waals surface area contributed by atoms with E-state index in [4.69, 9.17) is 0 Å². The van der Waals surface area contributed by atoms with Crippen LogP contribution in [0.2, 0.25) is 0 Å². The SMILES string of the molecule is Cc1nc(CNC(=O)CC2C(=O)NCCN2Cc2cccc(F)c2)sc1C. The molecule has 8 heteroatoms. The zero-order valence-corrected chi connectivity index (χ0v) is 16.2. The number of nitrogens with one attached hydrogen (secondary N) is 2. The van der Waals surface area contributed by atoms with Gasteiger partial charge in [0.15, 0.2) is 0 Å². The first-order valence-electron chi connectivity index (χ1n) is 8.88. The van der Waals surface area contributed by atoms with E-state index in [2.05, 4.69) is 15.6 Å². The number of carbonyl (C=O) groups is 2. The zero-order chi connectivity index (χ0) is 19.4. The molecule has 1 aliphatic rings. The predicted molar refractivity (Wildman–Crippen MR) is 102 cm³/mol. The second-order valence-corrected chi connectivity index (χ2v) is 7.93. The second kappa shape index (κ2) is 8.58. The van der Waals surface area contributed by atoms with Crippen molar-refractivity contribution in [2.24, 2.45) is 0 Å². The lowest BCUT2D eigenvalue weighted by Gasteiger charge is -2.34. The van der Waals surface area contributed by atoms with E-state index in [0.29, 0.717) is 26.2 Å². The molecular weight excluding hydrogens is 367 g/mol. The highest BCUT2D eigenvalue weighted by Crippen LogP contribution is 2.17. The molecule has 1 aromatic heterocycles. The Kier molecular flexibility index (Phi) is 6.18. The number of nitrogens with zero attached hydrogens (tertiary/aromatic N) is 2. The summed E-state index contributed by atoms with van der Waals surface area (Å²) in [6.07, 6.45) is 0.0600. The Labute approximate surface area is 161 Å². The quantitative estimate of drug-likeness (QED) is 0.790. The highest BCUT2D eigenvalue weighted by atomic mass is 32.1. The lowest BCUT2D eigenvalue weighted by atomic mass is 10.1. The van der Waals surface area contributed by atoms with E-state index >= 15 is 0 Å². The van der Waals surface area contributed by atoms with Gasteiger partial charge in [-0.25, -0.2) is 9.37 Å². The van der Waals surface area contributed by atoms with Gasteiger partial charge in [-0.3, -0.25) is 14.5 Å². The summed E-state index contributed by atoms with van der Waals surface area (Å²) in [5, 5.41) is 6.50. The predicted octanol–water partition coefficient (Wildman–Crippen LogP) is 1.91. The van der Waals surface area contributed by atoms with E-state index in [9.17, 15) is 14.0 Å². The largest absolute Gasteiger partial charge is 0.353 e. The van der Waals surface area contributed by atoms with Crippen molar-refractivity contribution in [1.29, 1.82) is 0 Å². The third kappa shape index (κ3) is 5.11. The highest BCUT2D eigenvalue weighted by Gasteiger charge is 2.31. The number of aryl methyl sites for hydroxylation is 2. The molecule has 0 spiro atoms. The summed E-state index contributed by atoms with van der Waals surface area (Å²) in [6, 6.07) is 5.74. The van der Waals surface area contributed by atoms with Crippen LogP contribution in [0.15, 0.2) is 24.3 Å². The molecule has 2 aromatic rings. The Morgan fingerprint density at radius 1 is 1.44 bits per heavy atom. The minimum atomic E-state index is -0.568. The lowest BCUT2D eigenvalue weighted by Crippen LogP contribution is -2.56. The summed E-state index contributed by atoms with van der Waals surface area (Å²) in [5.74, 6) is -0.683. The van der Waals surface area contributed by atoms with Gasteiger partial charge in [-0.05, 0) is 31.5 Å². The molecule has 0 bridgehead atoms. The van der Waals surface area contributed by atoms with Crippen molar-refractivity contribution < 1.29 is 14.0 Å². The summed E-state index contributed by atoms with van der Waals surface area (Å²) in [7, 11) is 0. The van der Waals surface area contributed by atoms with Crippen molar-refractivity contribution in [3.8, 4) is 0 Å². The number of hydrogen-bond acceptors (Lipinski definition) is 5. The monoisotopic (exact) mass is 390 g/mol. The average Bonchev–Trinajstić information content (AvgIpc) is 2.94. The molecule has 0 radical (unpaired) electrons. The third-order valence-electron chi connectivity index (χ3n) is 4.60. The van der Waals surface area contributed by atoms with Crippen molar-refractivity contribution in [2.45, 2.75) is 39.4 Å². The number of hydrogen-bond donors (Lipinski definition) is 2. The van der Waals surface area contributed by atoms with E-state index in [1.165, 1.54) is 12.1 Å². The summed E-state index contributed by atoms with van der Waals surface area (Å²) in [5.41, 5.74) is 1.75. The molecule has 144 valence electrons. The van der Waals surface area contributed by atoms with Crippen LogP contribution >= 0.6 is 11.3 Å². The first-order valence-corrected chi connectivity index (χ1v) is 9.70. The molecule has 2 amide bonds. The number of amides is 2. The van der Waals surface area contributed by atoms with Gasteiger partial charge < -0.3 is 10.6 Å². The van der Waals surface area contributed by atoms with Crippen molar-refractivity contribution >= 4 is 23.2 Å². The van der Waals surface area contributed by atoms with Gasteiger partial charge in [-0.15, -0.1) is 11.3 Å². The molecule has 0 aliphatic carbocycles. The molecule has 3 rings (SSSR count). The minimum absolute atomic E-state index is 0.0600. The number of benzene rings is 1. The van der Waals surface area contributed by atoms with E-state index in [-0.39, 0.29) is 24.1 Å². The molecular formula is C19H23FN4O2S. The van der Waals surface area contributed by atoms with Gasteiger partial charge in [0, 0.05) is 24.5 Å². The Balaban J connectivity index is 1.60. The average molecular weight is 390 g/mol. The molecule has 1 saturated heterocycles. The highest BCUT2D eigenvalue weighted by molar-refractivity contribution is 7.11. The Morgan fingerprint density at radius 2 is 2.26 bits per heavy atom. The lowest BCUT2D eigenvalue weighted by molar-refractivity contribution is -0.134. The van der Waals surface area contributed by atoms with Gasteiger partial charge in [0.25, 0.3) is 0 Å². The molecule has 2 heterocycles. The Bertz CT molecular complexity index is 819. The maximum atomic E-state index is 13.4. The first-order chi connectivity index (χ1) is 12.9. The number of piperazine rings is 1. The summed E-state index contributed by atoms with van der Waals surface area (Å²) in [6.45, 7) is 5.85. The molecule has 1 aliphatic heterocycles. The van der Waals surface area contributed by atoms with Gasteiger partial charge in [0.2, 0.25) is 11.8 Å². The van der Waals surface area contributed by atoms with Crippen LogP contribution in [0.5, 0.6) is 0 Å². The zero-order valence-electron chi connectivity index (χ0n) is 15.4. The standard InChI is InChI=1S/C19H23FN4O2S/c1-12-13(2)27-18(23-12)10-22-17(25)9-16-19(26)21-6-7-24(16)11-14-4-3-5-15(20)8-14/h3-5,8,16H,6-7,9-11H2,1-2H3,(H,21,26)(H,22,25). The van der Waals surface area contributed by atoms with Crippen LogP contribution in [-0.2, 0) is 22.7 Å². The van der Waals surface area contributed by atoms with Crippen molar-refractivity contribution in [3.05, 3.63) is 51.2 Å². The van der Waals surface area contributed by atoms with Crippen molar-refractivity contribution in [1.82, 2.24) is 20.5 Å². The van der Waals surface area contributed by atoms with Gasteiger partial charge in [-0.1, -0.05) is 12.1 Å². The topological polar surface area (TPSA) is 74.3 Å². The molecule has 1 fully saturated rings.